The zero-order valence-electron chi connectivity index (χ0n) is 13.0. The molecule has 3 N–H and O–H groups in total. The standard InChI is InChI=1S/C15H15Cl2NO6S/c1-8(19)23-14-12(20)13(9-4-2-5-10(16)11(9)17)24-15(14)18-6-3-7-25(18,21)22/h2,4-5,20-22H,3,6-7H2,1H3. The maximum Gasteiger partial charge on any atom is 0.308 e. The summed E-state index contributed by atoms with van der Waals surface area (Å²) in [6, 6.07) is 4.74. The van der Waals surface area contributed by atoms with Crippen LogP contribution in [0.2, 0.25) is 10.0 Å². The lowest BCUT2D eigenvalue weighted by molar-refractivity contribution is -0.132. The first kappa shape index (κ1) is 18.2. The molecule has 25 heavy (non-hydrogen) atoms. The van der Waals surface area contributed by atoms with Gasteiger partial charge in [0.15, 0.2) is 5.76 Å². The zero-order valence-corrected chi connectivity index (χ0v) is 15.4. The third-order valence-corrected chi connectivity index (χ3v) is 6.33. The lowest BCUT2D eigenvalue weighted by atomic mass is 10.1. The van der Waals surface area contributed by atoms with Crippen LogP contribution in [0.5, 0.6) is 11.5 Å². The minimum absolute atomic E-state index is 0.0825. The SMILES string of the molecule is CC(=O)Oc1c(N2CCCS2(O)O)oc(-c2cccc(Cl)c2Cl)c1O. The molecule has 2 heterocycles. The van der Waals surface area contributed by atoms with Crippen LogP contribution < -0.4 is 9.04 Å². The van der Waals surface area contributed by atoms with Gasteiger partial charge in [-0.15, -0.1) is 10.8 Å². The highest BCUT2D eigenvalue weighted by Crippen LogP contribution is 2.58. The quantitative estimate of drug-likeness (QED) is 0.629. The molecule has 0 radical (unpaired) electrons. The summed E-state index contributed by atoms with van der Waals surface area (Å²) in [5.41, 5.74) is 0.280. The van der Waals surface area contributed by atoms with Gasteiger partial charge in [0.05, 0.1) is 15.8 Å². The Balaban J connectivity index is 2.19. The van der Waals surface area contributed by atoms with Crippen LogP contribution in [0.25, 0.3) is 11.3 Å². The summed E-state index contributed by atoms with van der Waals surface area (Å²) in [7, 11) is -3.12. The Bertz CT molecular complexity index is 838. The molecule has 0 amide bonds. The average molecular weight is 408 g/mol. The predicted octanol–water partition coefficient (Wildman–Crippen LogP) is 4.76. The number of aromatic hydroxyl groups is 1. The van der Waals surface area contributed by atoms with Crippen LogP contribution in [0, 0.1) is 0 Å². The molecular weight excluding hydrogens is 393 g/mol. The number of rotatable bonds is 3. The lowest BCUT2D eigenvalue weighted by Crippen LogP contribution is -2.22. The first-order valence-corrected chi connectivity index (χ1v) is 9.67. The second-order valence-electron chi connectivity index (χ2n) is 5.40. The number of carbonyl (C=O) groups excluding carboxylic acids is 1. The van der Waals surface area contributed by atoms with Gasteiger partial charge >= 0.3 is 5.97 Å². The van der Waals surface area contributed by atoms with Gasteiger partial charge in [-0.1, -0.05) is 29.3 Å². The molecule has 136 valence electrons. The van der Waals surface area contributed by atoms with E-state index >= 15 is 0 Å². The third kappa shape index (κ3) is 3.28. The molecule has 0 bridgehead atoms. The van der Waals surface area contributed by atoms with E-state index < -0.39 is 22.5 Å². The van der Waals surface area contributed by atoms with E-state index in [-0.39, 0.29) is 45.3 Å². The fourth-order valence-corrected chi connectivity index (χ4v) is 4.48. The fourth-order valence-electron chi connectivity index (χ4n) is 2.55. The van der Waals surface area contributed by atoms with Crippen molar-refractivity contribution in [3.05, 3.63) is 28.2 Å². The van der Waals surface area contributed by atoms with Crippen LogP contribution in [0.15, 0.2) is 22.6 Å². The van der Waals surface area contributed by atoms with Crippen molar-refractivity contribution < 1.29 is 28.2 Å². The zero-order chi connectivity index (χ0) is 18.4. The van der Waals surface area contributed by atoms with Gasteiger partial charge in [-0.2, -0.15) is 0 Å². The number of halogens is 2. The molecule has 1 saturated heterocycles. The van der Waals surface area contributed by atoms with Gasteiger partial charge < -0.3 is 14.3 Å². The second-order valence-corrected chi connectivity index (χ2v) is 8.30. The van der Waals surface area contributed by atoms with Crippen molar-refractivity contribution in [2.45, 2.75) is 13.3 Å². The molecule has 0 atom stereocenters. The van der Waals surface area contributed by atoms with E-state index in [2.05, 4.69) is 0 Å². The highest BCUT2D eigenvalue weighted by molar-refractivity contribution is 8.25. The highest BCUT2D eigenvalue weighted by atomic mass is 35.5. The minimum Gasteiger partial charge on any atom is -0.502 e. The Morgan fingerprint density at radius 3 is 2.68 bits per heavy atom. The molecule has 1 aromatic carbocycles. The molecule has 0 saturated carbocycles. The molecule has 7 nitrogen and oxygen atoms in total. The molecule has 1 fully saturated rings. The molecule has 3 rings (SSSR count). The van der Waals surface area contributed by atoms with Gasteiger partial charge in [0.1, 0.15) is 0 Å². The summed E-state index contributed by atoms with van der Waals surface area (Å²) < 4.78 is 32.2. The molecule has 1 aliphatic rings. The smallest absolute Gasteiger partial charge is 0.308 e. The number of benzene rings is 1. The Kier molecular flexibility index (Phi) is 4.82. The highest BCUT2D eigenvalue weighted by Gasteiger charge is 2.37. The van der Waals surface area contributed by atoms with E-state index in [0.29, 0.717) is 6.42 Å². The van der Waals surface area contributed by atoms with Crippen molar-refractivity contribution in [2.24, 2.45) is 0 Å². The topological polar surface area (TPSA) is 103 Å². The summed E-state index contributed by atoms with van der Waals surface area (Å²) in [6.45, 7) is 1.43. The fraction of sp³-hybridized carbons (Fsp3) is 0.267. The molecule has 0 spiro atoms. The van der Waals surface area contributed by atoms with Gasteiger partial charge in [-0.3, -0.25) is 13.9 Å². The maximum atomic E-state index is 11.4. The van der Waals surface area contributed by atoms with Gasteiger partial charge in [-0.25, -0.2) is 4.31 Å². The van der Waals surface area contributed by atoms with E-state index in [1.54, 1.807) is 18.2 Å². The maximum absolute atomic E-state index is 11.4. The second kappa shape index (κ2) is 6.62. The van der Waals surface area contributed by atoms with E-state index in [1.165, 1.54) is 4.31 Å². The Labute approximate surface area is 155 Å². The van der Waals surface area contributed by atoms with Crippen LogP contribution in [-0.4, -0.2) is 32.5 Å². The van der Waals surface area contributed by atoms with Crippen LogP contribution in [0.1, 0.15) is 13.3 Å². The van der Waals surface area contributed by atoms with E-state index in [4.69, 9.17) is 32.4 Å². The molecule has 0 aliphatic carbocycles. The summed E-state index contributed by atoms with van der Waals surface area (Å²) in [4.78, 5) is 11.4. The molecule has 2 aromatic rings. The van der Waals surface area contributed by atoms with Crippen molar-refractivity contribution >= 4 is 45.8 Å². The van der Waals surface area contributed by atoms with Gasteiger partial charge in [0, 0.05) is 19.0 Å². The molecular formula is C15H15Cl2NO6S. The van der Waals surface area contributed by atoms with E-state index in [0.717, 1.165) is 6.92 Å². The Hall–Kier alpha value is -1.58. The number of anilines is 1. The number of carbonyl (C=O) groups is 1. The van der Waals surface area contributed by atoms with Gasteiger partial charge in [0.2, 0.25) is 11.5 Å². The van der Waals surface area contributed by atoms with Gasteiger partial charge in [0.25, 0.3) is 5.88 Å². The van der Waals surface area contributed by atoms with Crippen molar-refractivity contribution in [3.8, 4) is 22.8 Å². The Morgan fingerprint density at radius 1 is 1.36 bits per heavy atom. The summed E-state index contributed by atoms with van der Waals surface area (Å²) >= 11 is 12.2. The lowest BCUT2D eigenvalue weighted by Gasteiger charge is -2.36. The van der Waals surface area contributed by atoms with E-state index in [9.17, 15) is 19.0 Å². The van der Waals surface area contributed by atoms with Crippen LogP contribution >= 0.6 is 34.0 Å². The predicted molar refractivity (Wildman–Crippen MR) is 96.8 cm³/mol. The van der Waals surface area contributed by atoms with Gasteiger partial charge in [-0.05, 0) is 18.6 Å². The van der Waals surface area contributed by atoms with Crippen LogP contribution in [-0.2, 0) is 4.79 Å². The number of nitrogens with zero attached hydrogens (tertiary/aromatic N) is 1. The van der Waals surface area contributed by atoms with Crippen LogP contribution in [0.4, 0.5) is 5.88 Å². The summed E-state index contributed by atoms with van der Waals surface area (Å²) in [5.74, 6) is -1.54. The normalized spacial score (nSPS) is 17.6. The van der Waals surface area contributed by atoms with Crippen LogP contribution in [0.3, 0.4) is 0 Å². The number of ether oxygens (including phenoxy) is 1. The summed E-state index contributed by atoms with van der Waals surface area (Å²) in [5, 5.41) is 10.9. The van der Waals surface area contributed by atoms with E-state index in [1.807, 2.05) is 0 Å². The third-order valence-electron chi connectivity index (χ3n) is 3.62. The number of furan rings is 1. The summed E-state index contributed by atoms with van der Waals surface area (Å²) in [6.07, 6.45) is 0.510. The molecule has 10 heteroatoms. The first-order chi connectivity index (χ1) is 11.7. The Morgan fingerprint density at radius 2 is 2.08 bits per heavy atom. The molecule has 1 aromatic heterocycles. The number of hydrogen-bond donors (Lipinski definition) is 3. The average Bonchev–Trinajstić information content (AvgIpc) is 3.02. The largest absolute Gasteiger partial charge is 0.502 e. The van der Waals surface area contributed by atoms with Crippen molar-refractivity contribution in [2.75, 3.05) is 16.6 Å². The number of hydrogen-bond acceptors (Lipinski definition) is 7. The van der Waals surface area contributed by atoms with Crippen molar-refractivity contribution in [1.82, 2.24) is 0 Å². The van der Waals surface area contributed by atoms with Crippen molar-refractivity contribution in [1.29, 1.82) is 0 Å². The molecule has 0 unspecified atom stereocenters. The monoisotopic (exact) mass is 407 g/mol. The van der Waals surface area contributed by atoms with Crippen molar-refractivity contribution in [3.63, 3.8) is 0 Å². The molecule has 1 aliphatic heterocycles. The number of esters is 1. The minimum atomic E-state index is -3.12. The first-order valence-electron chi connectivity index (χ1n) is 7.24.